The Morgan fingerprint density at radius 2 is 2.45 bits per heavy atom. The van der Waals surface area contributed by atoms with Gasteiger partial charge in [-0.2, -0.15) is 11.3 Å². The van der Waals surface area contributed by atoms with Crippen LogP contribution in [0.2, 0.25) is 0 Å². The van der Waals surface area contributed by atoms with Crippen molar-refractivity contribution >= 4 is 11.3 Å². The van der Waals surface area contributed by atoms with Crippen molar-refractivity contribution in [1.29, 1.82) is 0 Å². The van der Waals surface area contributed by atoms with E-state index in [1.807, 2.05) is 0 Å². The Bertz CT molecular complexity index is 257. The summed E-state index contributed by atoms with van der Waals surface area (Å²) >= 11 is 1.73. The maximum Gasteiger partial charge on any atom is 0.0576 e. The molecule has 1 rings (SSSR count). The second-order valence-corrected chi connectivity index (χ2v) is 3.13. The molecule has 0 spiro atoms. The highest BCUT2D eigenvalue weighted by Gasteiger charge is 1.96. The van der Waals surface area contributed by atoms with Gasteiger partial charge in [-0.15, -0.1) is 6.42 Å². The Labute approximate surface area is 71.4 Å². The van der Waals surface area contributed by atoms with E-state index in [1.54, 1.807) is 11.3 Å². The molecule has 1 heterocycles. The molecule has 1 nitrogen and oxygen atoms in total. The van der Waals surface area contributed by atoms with E-state index in [4.69, 9.17) is 6.42 Å². The third-order valence-electron chi connectivity index (χ3n) is 1.50. The minimum absolute atomic E-state index is 0.648. The fraction of sp³-hybridized carbons (Fsp3) is 0.333. The summed E-state index contributed by atoms with van der Waals surface area (Å²) in [5.74, 6) is 2.54. The Kier molecular flexibility index (Phi) is 3.15. The molecule has 0 saturated heterocycles. The quantitative estimate of drug-likeness (QED) is 0.532. The largest absolute Gasteiger partial charge is 0.302 e. The Balaban J connectivity index is 2.40. The van der Waals surface area contributed by atoms with Gasteiger partial charge >= 0.3 is 0 Å². The number of hydrogen-bond acceptors (Lipinski definition) is 2. The molecule has 0 aliphatic heterocycles. The van der Waals surface area contributed by atoms with Gasteiger partial charge in [0.15, 0.2) is 0 Å². The third-order valence-corrected chi connectivity index (χ3v) is 2.41. The molecule has 1 aromatic heterocycles. The van der Waals surface area contributed by atoms with E-state index < -0.39 is 0 Å². The van der Waals surface area contributed by atoms with Crippen LogP contribution in [0.3, 0.4) is 0 Å². The van der Waals surface area contributed by atoms with Gasteiger partial charge < -0.3 is 5.32 Å². The van der Waals surface area contributed by atoms with Gasteiger partial charge in [-0.3, -0.25) is 0 Å². The van der Waals surface area contributed by atoms with Crippen LogP contribution in [0.4, 0.5) is 0 Å². The van der Waals surface area contributed by atoms with Gasteiger partial charge in [0.05, 0.1) is 6.54 Å². The van der Waals surface area contributed by atoms with E-state index >= 15 is 0 Å². The van der Waals surface area contributed by atoms with Crippen molar-refractivity contribution in [2.24, 2.45) is 0 Å². The minimum Gasteiger partial charge on any atom is -0.302 e. The lowest BCUT2D eigenvalue weighted by Crippen LogP contribution is -2.12. The molecular weight excluding hydrogens is 154 g/mol. The first-order valence-electron chi connectivity index (χ1n) is 3.50. The maximum atomic E-state index is 5.10. The van der Waals surface area contributed by atoms with Crippen molar-refractivity contribution in [1.82, 2.24) is 5.32 Å². The molecule has 1 aromatic rings. The smallest absolute Gasteiger partial charge is 0.0576 e. The average molecular weight is 165 g/mol. The fourth-order valence-electron chi connectivity index (χ4n) is 0.837. The van der Waals surface area contributed by atoms with Crippen molar-refractivity contribution in [2.45, 2.75) is 13.5 Å². The van der Waals surface area contributed by atoms with E-state index in [0.717, 1.165) is 6.54 Å². The molecule has 58 valence electrons. The summed E-state index contributed by atoms with van der Waals surface area (Å²) in [5, 5.41) is 7.45. The molecule has 0 amide bonds. The van der Waals surface area contributed by atoms with Crippen LogP contribution in [0.15, 0.2) is 10.8 Å². The van der Waals surface area contributed by atoms with Crippen molar-refractivity contribution in [2.75, 3.05) is 6.54 Å². The van der Waals surface area contributed by atoms with Crippen LogP contribution in [0, 0.1) is 19.3 Å². The Morgan fingerprint density at radius 1 is 1.64 bits per heavy atom. The van der Waals surface area contributed by atoms with Gasteiger partial charge in [-0.05, 0) is 28.8 Å². The van der Waals surface area contributed by atoms with E-state index in [0.29, 0.717) is 6.54 Å². The summed E-state index contributed by atoms with van der Waals surface area (Å²) in [6.07, 6.45) is 5.10. The molecule has 0 aliphatic carbocycles. The van der Waals surface area contributed by atoms with Crippen molar-refractivity contribution in [3.63, 3.8) is 0 Å². The van der Waals surface area contributed by atoms with Crippen molar-refractivity contribution < 1.29 is 0 Å². The van der Waals surface area contributed by atoms with Crippen LogP contribution in [0.25, 0.3) is 0 Å². The molecule has 2 heteroatoms. The molecule has 0 fully saturated rings. The summed E-state index contributed by atoms with van der Waals surface area (Å²) in [6, 6.07) is 0. The molecule has 0 unspecified atom stereocenters. The first-order chi connectivity index (χ1) is 5.34. The Hall–Kier alpha value is -0.780. The second-order valence-electron chi connectivity index (χ2n) is 2.39. The molecular formula is C9H11NS. The molecule has 0 aromatic carbocycles. The highest BCUT2D eigenvalue weighted by atomic mass is 32.1. The number of rotatable bonds is 3. The first-order valence-corrected chi connectivity index (χ1v) is 4.44. The lowest BCUT2D eigenvalue weighted by molar-refractivity contribution is 0.769. The van der Waals surface area contributed by atoms with Crippen LogP contribution in [-0.2, 0) is 6.54 Å². The van der Waals surface area contributed by atoms with Crippen LogP contribution in [0.1, 0.15) is 11.1 Å². The van der Waals surface area contributed by atoms with Gasteiger partial charge in [0.1, 0.15) is 0 Å². The number of nitrogens with one attached hydrogen (secondary N) is 1. The van der Waals surface area contributed by atoms with Crippen LogP contribution >= 0.6 is 11.3 Å². The molecule has 0 radical (unpaired) electrons. The normalized spacial score (nSPS) is 9.45. The predicted octanol–water partition coefficient (Wildman–Crippen LogP) is 1.78. The summed E-state index contributed by atoms with van der Waals surface area (Å²) in [4.78, 5) is 0. The topological polar surface area (TPSA) is 12.0 Å². The highest BCUT2D eigenvalue weighted by Crippen LogP contribution is 2.12. The molecule has 0 bridgehead atoms. The zero-order valence-electron chi connectivity index (χ0n) is 6.55. The van der Waals surface area contributed by atoms with Gasteiger partial charge in [-0.25, -0.2) is 0 Å². The SMILES string of the molecule is C#CCNCc1cscc1C. The summed E-state index contributed by atoms with van der Waals surface area (Å²) in [5.41, 5.74) is 2.70. The monoisotopic (exact) mass is 165 g/mol. The van der Waals surface area contributed by atoms with Crippen molar-refractivity contribution in [3.8, 4) is 12.3 Å². The van der Waals surface area contributed by atoms with E-state index in [-0.39, 0.29) is 0 Å². The average Bonchev–Trinajstić information content (AvgIpc) is 2.37. The fourth-order valence-corrected chi connectivity index (χ4v) is 1.69. The Morgan fingerprint density at radius 3 is 3.00 bits per heavy atom. The van der Waals surface area contributed by atoms with E-state index in [2.05, 4.69) is 28.9 Å². The molecule has 1 N–H and O–H groups in total. The predicted molar refractivity (Wildman–Crippen MR) is 49.6 cm³/mol. The van der Waals surface area contributed by atoms with Gasteiger partial charge in [-0.1, -0.05) is 5.92 Å². The standard InChI is InChI=1S/C9H11NS/c1-3-4-10-5-9-7-11-6-8(9)2/h1,6-7,10H,4-5H2,2H3. The zero-order chi connectivity index (χ0) is 8.10. The number of aryl methyl sites for hydroxylation is 1. The van der Waals surface area contributed by atoms with E-state index in [9.17, 15) is 0 Å². The second kappa shape index (κ2) is 4.17. The number of terminal acetylenes is 1. The zero-order valence-corrected chi connectivity index (χ0v) is 7.37. The first kappa shape index (κ1) is 8.32. The summed E-state index contributed by atoms with van der Waals surface area (Å²) < 4.78 is 0. The lowest BCUT2D eigenvalue weighted by atomic mass is 10.2. The molecule has 11 heavy (non-hydrogen) atoms. The number of hydrogen-bond donors (Lipinski definition) is 1. The van der Waals surface area contributed by atoms with E-state index in [1.165, 1.54) is 11.1 Å². The van der Waals surface area contributed by atoms with Crippen LogP contribution < -0.4 is 5.32 Å². The van der Waals surface area contributed by atoms with Gasteiger partial charge in [0.2, 0.25) is 0 Å². The number of thiophene rings is 1. The molecule has 0 atom stereocenters. The van der Waals surface area contributed by atoms with Gasteiger partial charge in [0, 0.05) is 6.54 Å². The third kappa shape index (κ3) is 2.38. The van der Waals surface area contributed by atoms with Crippen LogP contribution in [0.5, 0.6) is 0 Å². The summed E-state index contributed by atoms with van der Waals surface area (Å²) in [6.45, 7) is 3.65. The van der Waals surface area contributed by atoms with Crippen LogP contribution in [-0.4, -0.2) is 6.54 Å². The minimum atomic E-state index is 0.648. The lowest BCUT2D eigenvalue weighted by Gasteiger charge is -1.98. The molecule has 0 aliphatic rings. The van der Waals surface area contributed by atoms with Crippen molar-refractivity contribution in [3.05, 3.63) is 21.9 Å². The summed E-state index contributed by atoms with van der Waals surface area (Å²) in [7, 11) is 0. The molecule has 0 saturated carbocycles. The highest BCUT2D eigenvalue weighted by molar-refractivity contribution is 7.08. The van der Waals surface area contributed by atoms with Gasteiger partial charge in [0.25, 0.3) is 0 Å². The maximum absolute atomic E-state index is 5.10.